The number of piperidine rings is 1. The molecule has 1 heterocycles. The summed E-state index contributed by atoms with van der Waals surface area (Å²) >= 11 is 0. The Morgan fingerprint density at radius 3 is 3.00 bits per heavy atom. The summed E-state index contributed by atoms with van der Waals surface area (Å²) in [6, 6.07) is 0. The van der Waals surface area contributed by atoms with Crippen LogP contribution in [-0.2, 0) is 4.79 Å². The Labute approximate surface area is 59.8 Å². The van der Waals surface area contributed by atoms with Gasteiger partial charge in [-0.2, -0.15) is 0 Å². The van der Waals surface area contributed by atoms with E-state index >= 15 is 0 Å². The Morgan fingerprint density at radius 1 is 1.70 bits per heavy atom. The van der Waals surface area contributed by atoms with E-state index in [1.165, 1.54) is 0 Å². The van der Waals surface area contributed by atoms with Gasteiger partial charge in [-0.1, -0.05) is 0 Å². The van der Waals surface area contributed by atoms with Crippen LogP contribution in [-0.4, -0.2) is 25.5 Å². The van der Waals surface area contributed by atoms with Gasteiger partial charge in [0, 0.05) is 12.5 Å². The second-order valence-electron chi connectivity index (χ2n) is 2.64. The summed E-state index contributed by atoms with van der Waals surface area (Å²) in [4.78, 5) is 10.8. The molecule has 0 spiro atoms. The highest BCUT2D eigenvalue weighted by atomic mass is 19.1. The van der Waals surface area contributed by atoms with Crippen LogP contribution in [0.25, 0.3) is 0 Å². The molecule has 2 nitrogen and oxygen atoms in total. The predicted octanol–water partition coefficient (Wildman–Crippen LogP) is 0.525. The number of hydrogen-bond acceptors (Lipinski definition) is 2. The molecular formula is C7H12FNO. The zero-order valence-electron chi connectivity index (χ0n) is 5.90. The van der Waals surface area contributed by atoms with Gasteiger partial charge in [-0.3, -0.25) is 4.79 Å². The maximum absolute atomic E-state index is 11.8. The van der Waals surface area contributed by atoms with E-state index in [4.69, 9.17) is 0 Å². The Balaban J connectivity index is 2.31. The Hall–Kier alpha value is -0.440. The van der Waals surface area contributed by atoms with Gasteiger partial charge in [-0.25, -0.2) is 4.39 Å². The number of carbonyl (C=O) groups is 1. The van der Waals surface area contributed by atoms with Crippen molar-refractivity contribution in [2.24, 2.45) is 5.92 Å². The molecule has 0 aromatic carbocycles. The first-order valence-electron chi connectivity index (χ1n) is 3.64. The number of Topliss-reactive ketones (excluding diaryl/α,β-unsaturated/α-hetero) is 1. The lowest BCUT2D eigenvalue weighted by Crippen LogP contribution is -2.34. The van der Waals surface area contributed by atoms with Gasteiger partial charge in [0.1, 0.15) is 6.67 Å². The number of hydrogen-bond donors (Lipinski definition) is 1. The van der Waals surface area contributed by atoms with Crippen molar-refractivity contribution >= 4 is 5.78 Å². The summed E-state index contributed by atoms with van der Waals surface area (Å²) in [7, 11) is 0. The zero-order chi connectivity index (χ0) is 7.40. The van der Waals surface area contributed by atoms with Crippen LogP contribution >= 0.6 is 0 Å². The molecule has 58 valence electrons. The van der Waals surface area contributed by atoms with E-state index in [0.29, 0.717) is 6.54 Å². The molecule has 1 aliphatic heterocycles. The van der Waals surface area contributed by atoms with Gasteiger partial charge >= 0.3 is 0 Å². The minimum atomic E-state index is -0.799. The number of rotatable bonds is 2. The third-order valence-corrected chi connectivity index (χ3v) is 1.88. The van der Waals surface area contributed by atoms with Gasteiger partial charge in [-0.15, -0.1) is 0 Å². The van der Waals surface area contributed by atoms with Gasteiger partial charge in [0.25, 0.3) is 0 Å². The van der Waals surface area contributed by atoms with Gasteiger partial charge in [-0.05, 0) is 19.4 Å². The van der Waals surface area contributed by atoms with Crippen molar-refractivity contribution in [3.05, 3.63) is 0 Å². The molecule has 10 heavy (non-hydrogen) atoms. The van der Waals surface area contributed by atoms with Crippen LogP contribution in [0, 0.1) is 5.92 Å². The van der Waals surface area contributed by atoms with E-state index < -0.39 is 6.67 Å². The Morgan fingerprint density at radius 2 is 2.50 bits per heavy atom. The maximum Gasteiger partial charge on any atom is 0.168 e. The maximum atomic E-state index is 11.8. The minimum absolute atomic E-state index is 0.0567. The highest BCUT2D eigenvalue weighted by molar-refractivity contribution is 5.82. The highest BCUT2D eigenvalue weighted by Gasteiger charge is 2.19. The van der Waals surface area contributed by atoms with Gasteiger partial charge < -0.3 is 5.32 Å². The van der Waals surface area contributed by atoms with E-state index in [1.54, 1.807) is 0 Å². The minimum Gasteiger partial charge on any atom is -0.316 e. The quantitative estimate of drug-likeness (QED) is 0.614. The molecule has 0 saturated carbocycles. The van der Waals surface area contributed by atoms with Crippen LogP contribution in [0.5, 0.6) is 0 Å². The molecule has 1 atom stereocenters. The summed E-state index contributed by atoms with van der Waals surface area (Å²) in [5.41, 5.74) is 0. The van der Waals surface area contributed by atoms with E-state index in [9.17, 15) is 9.18 Å². The number of halogens is 1. The van der Waals surface area contributed by atoms with Crippen LogP contribution in [0.4, 0.5) is 4.39 Å². The number of alkyl halides is 1. The van der Waals surface area contributed by atoms with Crippen molar-refractivity contribution < 1.29 is 9.18 Å². The second kappa shape index (κ2) is 3.66. The van der Waals surface area contributed by atoms with Crippen molar-refractivity contribution in [3.63, 3.8) is 0 Å². The molecule has 1 fully saturated rings. The summed E-state index contributed by atoms with van der Waals surface area (Å²) in [6.07, 6.45) is 1.85. The van der Waals surface area contributed by atoms with E-state index in [0.717, 1.165) is 19.4 Å². The first kappa shape index (κ1) is 7.66. The fraction of sp³-hybridized carbons (Fsp3) is 0.857. The molecule has 0 aromatic rings. The number of ketones is 1. The highest BCUT2D eigenvalue weighted by Crippen LogP contribution is 2.10. The molecule has 0 bridgehead atoms. The molecular weight excluding hydrogens is 133 g/mol. The third kappa shape index (κ3) is 1.77. The second-order valence-corrected chi connectivity index (χ2v) is 2.64. The molecule has 1 unspecified atom stereocenters. The molecule has 0 aromatic heterocycles. The van der Waals surface area contributed by atoms with Crippen LogP contribution in [0.1, 0.15) is 12.8 Å². The van der Waals surface area contributed by atoms with Gasteiger partial charge in [0.05, 0.1) is 0 Å². The normalized spacial score (nSPS) is 26.3. The molecule has 1 aliphatic rings. The average molecular weight is 145 g/mol. The molecule has 0 amide bonds. The smallest absolute Gasteiger partial charge is 0.168 e. The standard InChI is InChI=1S/C7H12FNO/c8-4-7(10)6-2-1-3-9-5-6/h6,9H,1-5H2. The van der Waals surface area contributed by atoms with Gasteiger partial charge in [0.2, 0.25) is 0 Å². The number of nitrogens with one attached hydrogen (secondary N) is 1. The predicted molar refractivity (Wildman–Crippen MR) is 36.6 cm³/mol. The Kier molecular flexibility index (Phi) is 2.81. The molecule has 1 saturated heterocycles. The lowest BCUT2D eigenvalue weighted by molar-refractivity contribution is -0.124. The van der Waals surface area contributed by atoms with Crippen molar-refractivity contribution in [3.8, 4) is 0 Å². The monoisotopic (exact) mass is 145 g/mol. The molecule has 1 rings (SSSR count). The summed E-state index contributed by atoms with van der Waals surface area (Å²) in [5, 5.41) is 3.06. The van der Waals surface area contributed by atoms with Crippen molar-refractivity contribution in [2.45, 2.75) is 12.8 Å². The van der Waals surface area contributed by atoms with Crippen molar-refractivity contribution in [1.29, 1.82) is 0 Å². The Bertz CT molecular complexity index is 121. The van der Waals surface area contributed by atoms with E-state index in [-0.39, 0.29) is 11.7 Å². The average Bonchev–Trinajstić information content (AvgIpc) is 2.05. The fourth-order valence-electron chi connectivity index (χ4n) is 1.24. The van der Waals surface area contributed by atoms with Crippen LogP contribution in [0.15, 0.2) is 0 Å². The van der Waals surface area contributed by atoms with Gasteiger partial charge in [0.15, 0.2) is 5.78 Å². The third-order valence-electron chi connectivity index (χ3n) is 1.88. The SMILES string of the molecule is O=C(CF)C1CCCNC1. The largest absolute Gasteiger partial charge is 0.316 e. The lowest BCUT2D eigenvalue weighted by Gasteiger charge is -2.19. The van der Waals surface area contributed by atoms with Crippen LogP contribution in [0.3, 0.4) is 0 Å². The lowest BCUT2D eigenvalue weighted by atomic mass is 9.96. The first-order valence-corrected chi connectivity index (χ1v) is 3.64. The van der Waals surface area contributed by atoms with Crippen LogP contribution < -0.4 is 5.32 Å². The first-order chi connectivity index (χ1) is 4.84. The van der Waals surface area contributed by atoms with Crippen molar-refractivity contribution in [1.82, 2.24) is 5.32 Å². The summed E-state index contributed by atoms with van der Waals surface area (Å²) in [5.74, 6) is -0.300. The van der Waals surface area contributed by atoms with E-state index in [1.807, 2.05) is 0 Å². The molecule has 3 heteroatoms. The molecule has 0 aliphatic carbocycles. The summed E-state index contributed by atoms with van der Waals surface area (Å²) < 4.78 is 11.8. The molecule has 0 radical (unpaired) electrons. The topological polar surface area (TPSA) is 29.1 Å². The summed E-state index contributed by atoms with van der Waals surface area (Å²) in [6.45, 7) is 0.838. The van der Waals surface area contributed by atoms with Crippen LogP contribution in [0.2, 0.25) is 0 Å². The van der Waals surface area contributed by atoms with Crippen molar-refractivity contribution in [2.75, 3.05) is 19.8 Å². The fourth-order valence-corrected chi connectivity index (χ4v) is 1.24. The molecule has 1 N–H and O–H groups in total. The van der Waals surface area contributed by atoms with E-state index in [2.05, 4.69) is 5.32 Å². The zero-order valence-corrected chi connectivity index (χ0v) is 5.90. The number of carbonyl (C=O) groups excluding carboxylic acids is 1.